The molecule has 2 fully saturated rings. The van der Waals surface area contributed by atoms with E-state index in [-0.39, 0.29) is 0 Å². The molecule has 1 aliphatic carbocycles. The first-order valence-corrected chi connectivity index (χ1v) is 12.1. The van der Waals surface area contributed by atoms with Crippen LogP contribution in [0.15, 0.2) is 53.4 Å². The molecule has 6 heteroatoms. The van der Waals surface area contributed by atoms with Gasteiger partial charge in [0.2, 0.25) is 0 Å². The summed E-state index contributed by atoms with van der Waals surface area (Å²) in [6, 6.07) is 15.6. The van der Waals surface area contributed by atoms with Gasteiger partial charge in [0.25, 0.3) is 10.0 Å². The van der Waals surface area contributed by atoms with Gasteiger partial charge in [0.05, 0.1) is 10.6 Å². The van der Waals surface area contributed by atoms with Gasteiger partial charge in [-0.2, -0.15) is 0 Å². The minimum Gasteiger partial charge on any atom is -0.381 e. The molecule has 2 aliphatic heterocycles. The van der Waals surface area contributed by atoms with Gasteiger partial charge in [-0.25, -0.2) is 8.42 Å². The van der Waals surface area contributed by atoms with E-state index >= 15 is 0 Å². The van der Waals surface area contributed by atoms with Crippen molar-refractivity contribution >= 4 is 15.7 Å². The lowest BCUT2D eigenvalue weighted by Crippen LogP contribution is -2.29. The van der Waals surface area contributed by atoms with Crippen LogP contribution in [0.2, 0.25) is 0 Å². The first kappa shape index (κ1) is 19.1. The summed E-state index contributed by atoms with van der Waals surface area (Å²) in [5.41, 5.74) is 3.33. The molecular weight excluding hydrogens is 384 g/mol. The summed E-state index contributed by atoms with van der Waals surface area (Å²) in [4.78, 5) is 0.358. The van der Waals surface area contributed by atoms with Crippen LogP contribution in [-0.2, 0) is 21.2 Å². The van der Waals surface area contributed by atoms with E-state index in [0.717, 1.165) is 56.2 Å². The van der Waals surface area contributed by atoms with Crippen LogP contribution in [0.1, 0.15) is 36.3 Å². The molecule has 1 saturated heterocycles. The summed E-state index contributed by atoms with van der Waals surface area (Å²) < 4.78 is 33.1. The SMILES string of the molecule is O=S(=O)(c1ccccc1)N1CCc2cc([C@@H]3C[C@H]3NCC3CCOCC3)ccc21. The number of nitrogens with zero attached hydrogens (tertiary/aromatic N) is 1. The average Bonchev–Trinajstić information content (AvgIpc) is 3.41. The predicted octanol–water partition coefficient (Wildman–Crippen LogP) is 3.31. The minimum absolute atomic E-state index is 0.358. The fourth-order valence-electron chi connectivity index (χ4n) is 4.65. The lowest BCUT2D eigenvalue weighted by molar-refractivity contribution is 0.0662. The van der Waals surface area contributed by atoms with Crippen molar-refractivity contribution in [3.63, 3.8) is 0 Å². The second kappa shape index (κ2) is 7.74. The van der Waals surface area contributed by atoms with Crippen molar-refractivity contribution in [3.05, 3.63) is 59.7 Å². The zero-order valence-corrected chi connectivity index (χ0v) is 17.4. The lowest BCUT2D eigenvalue weighted by atomic mass is 10.0. The highest BCUT2D eigenvalue weighted by Gasteiger charge is 2.39. The Kier molecular flexibility index (Phi) is 5.10. The number of anilines is 1. The summed E-state index contributed by atoms with van der Waals surface area (Å²) in [5.74, 6) is 1.29. The molecule has 0 radical (unpaired) electrons. The Morgan fingerprint density at radius 1 is 1.07 bits per heavy atom. The number of benzene rings is 2. The van der Waals surface area contributed by atoms with Gasteiger partial charge >= 0.3 is 0 Å². The van der Waals surface area contributed by atoms with Crippen LogP contribution in [0.3, 0.4) is 0 Å². The fourth-order valence-corrected chi connectivity index (χ4v) is 6.17. The van der Waals surface area contributed by atoms with Crippen LogP contribution in [0, 0.1) is 5.92 Å². The molecule has 1 N–H and O–H groups in total. The zero-order valence-electron chi connectivity index (χ0n) is 16.6. The molecule has 0 spiro atoms. The molecule has 1 saturated carbocycles. The van der Waals surface area contributed by atoms with Crippen molar-refractivity contribution in [1.82, 2.24) is 5.32 Å². The molecule has 0 aromatic heterocycles. The van der Waals surface area contributed by atoms with Crippen molar-refractivity contribution in [1.29, 1.82) is 0 Å². The van der Waals surface area contributed by atoms with Crippen LogP contribution >= 0.6 is 0 Å². The lowest BCUT2D eigenvalue weighted by Gasteiger charge is -2.22. The van der Waals surface area contributed by atoms with Gasteiger partial charge in [0, 0.05) is 31.7 Å². The highest BCUT2D eigenvalue weighted by molar-refractivity contribution is 7.92. The maximum Gasteiger partial charge on any atom is 0.264 e. The quantitative estimate of drug-likeness (QED) is 0.791. The van der Waals surface area contributed by atoms with E-state index in [9.17, 15) is 8.42 Å². The predicted molar refractivity (Wildman–Crippen MR) is 114 cm³/mol. The van der Waals surface area contributed by atoms with Crippen LogP contribution in [-0.4, -0.2) is 40.8 Å². The Hall–Kier alpha value is -1.89. The molecule has 0 bridgehead atoms. The summed E-state index contributed by atoms with van der Waals surface area (Å²) in [7, 11) is -3.49. The maximum atomic E-state index is 13.0. The Labute approximate surface area is 173 Å². The van der Waals surface area contributed by atoms with Crippen LogP contribution in [0.5, 0.6) is 0 Å². The van der Waals surface area contributed by atoms with Gasteiger partial charge in [-0.3, -0.25) is 4.31 Å². The summed E-state index contributed by atoms with van der Waals surface area (Å²) in [6.45, 7) is 3.39. The molecule has 154 valence electrons. The molecule has 5 nitrogen and oxygen atoms in total. The van der Waals surface area contributed by atoms with E-state index < -0.39 is 10.0 Å². The Balaban J connectivity index is 1.26. The van der Waals surface area contributed by atoms with E-state index in [2.05, 4.69) is 17.4 Å². The third-order valence-corrected chi connectivity index (χ3v) is 8.34. The molecule has 5 rings (SSSR count). The summed E-state index contributed by atoms with van der Waals surface area (Å²) in [6.07, 6.45) is 4.28. The Morgan fingerprint density at radius 3 is 2.66 bits per heavy atom. The molecule has 0 unspecified atom stereocenters. The van der Waals surface area contributed by atoms with E-state index in [1.54, 1.807) is 28.6 Å². The van der Waals surface area contributed by atoms with Gasteiger partial charge in [-0.1, -0.05) is 30.3 Å². The molecule has 3 aliphatic rings. The smallest absolute Gasteiger partial charge is 0.264 e. The van der Waals surface area contributed by atoms with Gasteiger partial charge in [-0.05, 0) is 67.5 Å². The van der Waals surface area contributed by atoms with Crippen molar-refractivity contribution in [3.8, 4) is 0 Å². The fraction of sp³-hybridized carbons (Fsp3) is 0.478. The monoisotopic (exact) mass is 412 g/mol. The number of nitrogens with one attached hydrogen (secondary N) is 1. The third-order valence-electron chi connectivity index (χ3n) is 6.52. The number of ether oxygens (including phenoxy) is 1. The molecule has 2 heterocycles. The summed E-state index contributed by atoms with van der Waals surface area (Å²) >= 11 is 0. The minimum atomic E-state index is -3.49. The second-order valence-electron chi connectivity index (χ2n) is 8.44. The van der Waals surface area contributed by atoms with Gasteiger partial charge in [0.15, 0.2) is 0 Å². The first-order chi connectivity index (χ1) is 14.1. The molecule has 29 heavy (non-hydrogen) atoms. The maximum absolute atomic E-state index is 13.0. The van der Waals surface area contributed by atoms with Crippen LogP contribution in [0.4, 0.5) is 5.69 Å². The highest BCUT2D eigenvalue weighted by Crippen LogP contribution is 2.43. The van der Waals surface area contributed by atoms with Crippen molar-refractivity contribution < 1.29 is 13.2 Å². The number of fused-ring (bicyclic) bond motifs is 1. The van der Waals surface area contributed by atoms with Crippen molar-refractivity contribution in [2.45, 2.75) is 42.5 Å². The molecule has 2 aromatic carbocycles. The Morgan fingerprint density at radius 2 is 1.86 bits per heavy atom. The van der Waals surface area contributed by atoms with Gasteiger partial charge in [-0.15, -0.1) is 0 Å². The highest BCUT2D eigenvalue weighted by atomic mass is 32.2. The normalized spacial score (nSPS) is 24.5. The van der Waals surface area contributed by atoms with Crippen molar-refractivity contribution in [2.24, 2.45) is 5.92 Å². The molecule has 2 aromatic rings. The standard InChI is InChI=1S/C23H28N2O3S/c26-29(27,20-4-2-1-3-5-20)25-11-8-19-14-18(6-7-23(19)25)21-15-22(21)24-16-17-9-12-28-13-10-17/h1-7,14,17,21-22,24H,8-13,15-16H2/t21-,22+/m0/s1. The average molecular weight is 413 g/mol. The van der Waals surface area contributed by atoms with E-state index in [0.29, 0.717) is 23.4 Å². The molecule has 0 amide bonds. The second-order valence-corrected chi connectivity index (χ2v) is 10.3. The third kappa shape index (κ3) is 3.81. The van der Waals surface area contributed by atoms with Gasteiger partial charge in [0.1, 0.15) is 0 Å². The number of rotatable bonds is 6. The number of hydrogen-bond acceptors (Lipinski definition) is 4. The van der Waals surface area contributed by atoms with Crippen LogP contribution < -0.4 is 9.62 Å². The van der Waals surface area contributed by atoms with Crippen molar-refractivity contribution in [2.75, 3.05) is 30.6 Å². The molecule has 2 atom stereocenters. The first-order valence-electron chi connectivity index (χ1n) is 10.6. The number of hydrogen-bond donors (Lipinski definition) is 1. The van der Waals surface area contributed by atoms with E-state index in [4.69, 9.17) is 4.74 Å². The largest absolute Gasteiger partial charge is 0.381 e. The number of sulfonamides is 1. The zero-order chi connectivity index (χ0) is 19.8. The van der Waals surface area contributed by atoms with E-state index in [1.165, 1.54) is 12.0 Å². The summed E-state index contributed by atoms with van der Waals surface area (Å²) in [5, 5.41) is 3.74. The molecular formula is C23H28N2O3S. The van der Waals surface area contributed by atoms with Crippen LogP contribution in [0.25, 0.3) is 0 Å². The topological polar surface area (TPSA) is 58.6 Å². The van der Waals surface area contributed by atoms with Gasteiger partial charge < -0.3 is 10.1 Å². The Bertz CT molecular complexity index is 971. The van der Waals surface area contributed by atoms with E-state index in [1.807, 2.05) is 12.1 Å².